The first kappa shape index (κ1) is 24.9. The van der Waals surface area contributed by atoms with E-state index in [1.165, 1.54) is 31.6 Å². The van der Waals surface area contributed by atoms with Crippen LogP contribution in [0.25, 0.3) is 10.9 Å². The standard InChI is InChI=1S/C26H25ClFN5O4/c1-36-23-12-19-16(26(30-14-29-19)31-15-7-8-18(28)17(27)10-15)11-20(23)32-24(34)6-3-9-33-13-25(35)37-22-5-2-4-21(22)33/h3,6-8,10-12,14,21-22H,2,4-5,9,13H2,1H3,(H,32,34)(H,29,30,31). The number of nitrogens with zero attached hydrogens (tertiary/aromatic N) is 3. The van der Waals surface area contributed by atoms with Gasteiger partial charge in [0.2, 0.25) is 5.91 Å². The number of carbonyl (C=O) groups is 2. The van der Waals surface area contributed by atoms with Crippen molar-refractivity contribution >= 4 is 51.6 Å². The molecule has 2 N–H and O–H groups in total. The lowest BCUT2D eigenvalue weighted by molar-refractivity contribution is -0.161. The van der Waals surface area contributed by atoms with Crippen molar-refractivity contribution in [3.63, 3.8) is 0 Å². The molecule has 37 heavy (non-hydrogen) atoms. The molecule has 2 aromatic carbocycles. The largest absolute Gasteiger partial charge is 0.494 e. The van der Waals surface area contributed by atoms with Gasteiger partial charge >= 0.3 is 5.97 Å². The van der Waals surface area contributed by atoms with Gasteiger partial charge in [-0.2, -0.15) is 0 Å². The second-order valence-corrected chi connectivity index (χ2v) is 9.30. The first-order valence-corrected chi connectivity index (χ1v) is 12.2. The fourth-order valence-corrected chi connectivity index (χ4v) is 4.96. The van der Waals surface area contributed by atoms with E-state index in [2.05, 4.69) is 25.5 Å². The predicted octanol–water partition coefficient (Wildman–Crippen LogP) is 4.45. The van der Waals surface area contributed by atoms with E-state index in [0.29, 0.717) is 40.4 Å². The summed E-state index contributed by atoms with van der Waals surface area (Å²) in [5, 5.41) is 6.55. The number of anilines is 3. The summed E-state index contributed by atoms with van der Waals surface area (Å²) in [4.78, 5) is 35.3. The number of rotatable bonds is 7. The number of carbonyl (C=O) groups excluding carboxylic acids is 2. The molecule has 2 atom stereocenters. The molecule has 3 aromatic rings. The molecule has 1 aliphatic heterocycles. The number of benzene rings is 2. The minimum Gasteiger partial charge on any atom is -0.494 e. The molecule has 2 unspecified atom stereocenters. The van der Waals surface area contributed by atoms with Gasteiger partial charge in [0.25, 0.3) is 0 Å². The topological polar surface area (TPSA) is 106 Å². The Labute approximate surface area is 217 Å². The number of aromatic nitrogens is 2. The molecule has 2 heterocycles. The molecule has 11 heteroatoms. The Balaban J connectivity index is 1.33. The highest BCUT2D eigenvalue weighted by molar-refractivity contribution is 6.31. The molecule has 0 radical (unpaired) electrons. The van der Waals surface area contributed by atoms with Gasteiger partial charge in [-0.15, -0.1) is 0 Å². The Hall–Kier alpha value is -3.76. The van der Waals surface area contributed by atoms with E-state index >= 15 is 0 Å². The van der Waals surface area contributed by atoms with Crippen LogP contribution in [-0.2, 0) is 14.3 Å². The molecule has 1 saturated carbocycles. The van der Waals surface area contributed by atoms with Crippen LogP contribution < -0.4 is 15.4 Å². The van der Waals surface area contributed by atoms with Crippen LogP contribution >= 0.6 is 11.6 Å². The third kappa shape index (κ3) is 5.50. The maximum atomic E-state index is 13.5. The van der Waals surface area contributed by atoms with Crippen molar-refractivity contribution in [1.82, 2.24) is 14.9 Å². The normalized spacial score (nSPS) is 19.6. The first-order chi connectivity index (χ1) is 17.9. The van der Waals surface area contributed by atoms with E-state index < -0.39 is 5.82 Å². The summed E-state index contributed by atoms with van der Waals surface area (Å²) >= 11 is 5.90. The highest BCUT2D eigenvalue weighted by atomic mass is 35.5. The van der Waals surface area contributed by atoms with Crippen LogP contribution in [0.15, 0.2) is 48.8 Å². The van der Waals surface area contributed by atoms with E-state index in [-0.39, 0.29) is 35.6 Å². The van der Waals surface area contributed by atoms with Gasteiger partial charge < -0.3 is 20.1 Å². The summed E-state index contributed by atoms with van der Waals surface area (Å²) in [6.07, 6.45) is 7.41. The number of esters is 1. The zero-order valence-corrected chi connectivity index (χ0v) is 20.8. The van der Waals surface area contributed by atoms with Gasteiger partial charge in [-0.25, -0.2) is 14.4 Å². The molecule has 1 amide bonds. The number of hydrogen-bond acceptors (Lipinski definition) is 8. The van der Waals surface area contributed by atoms with Crippen LogP contribution in [0.4, 0.5) is 21.6 Å². The van der Waals surface area contributed by atoms with E-state index in [4.69, 9.17) is 21.1 Å². The first-order valence-electron chi connectivity index (χ1n) is 11.9. The number of ether oxygens (including phenoxy) is 2. The molecule has 1 aromatic heterocycles. The van der Waals surface area contributed by atoms with Crippen LogP contribution in [0.5, 0.6) is 5.75 Å². The molecular formula is C26H25ClFN5O4. The minimum absolute atomic E-state index is 0.0188. The van der Waals surface area contributed by atoms with Crippen molar-refractivity contribution in [2.75, 3.05) is 30.8 Å². The van der Waals surface area contributed by atoms with Crippen molar-refractivity contribution in [2.45, 2.75) is 31.4 Å². The molecule has 1 aliphatic carbocycles. The summed E-state index contributed by atoms with van der Waals surface area (Å²) in [7, 11) is 1.50. The van der Waals surface area contributed by atoms with Gasteiger partial charge in [-0.1, -0.05) is 17.7 Å². The van der Waals surface area contributed by atoms with Gasteiger partial charge in [-0.3, -0.25) is 14.5 Å². The van der Waals surface area contributed by atoms with Gasteiger partial charge in [0, 0.05) is 35.8 Å². The number of amides is 1. The quantitative estimate of drug-likeness (QED) is 0.344. The SMILES string of the molecule is COc1cc2ncnc(Nc3ccc(F)c(Cl)c3)c2cc1NC(=O)C=CCN1CC(=O)OC2CCCC21. The second kappa shape index (κ2) is 10.7. The summed E-state index contributed by atoms with van der Waals surface area (Å²) in [6, 6.07) is 7.86. The van der Waals surface area contributed by atoms with E-state index in [1.54, 1.807) is 24.3 Å². The van der Waals surface area contributed by atoms with Crippen LogP contribution in [0, 0.1) is 5.82 Å². The molecule has 9 nitrogen and oxygen atoms in total. The maximum Gasteiger partial charge on any atom is 0.320 e. The predicted molar refractivity (Wildman–Crippen MR) is 138 cm³/mol. The molecule has 2 fully saturated rings. The van der Waals surface area contributed by atoms with E-state index in [9.17, 15) is 14.0 Å². The van der Waals surface area contributed by atoms with Gasteiger partial charge in [0.1, 0.15) is 29.8 Å². The fraction of sp³-hybridized carbons (Fsp3) is 0.308. The summed E-state index contributed by atoms with van der Waals surface area (Å²) in [5.74, 6) is -0.222. The number of halogens is 2. The van der Waals surface area contributed by atoms with Crippen molar-refractivity contribution in [3.05, 3.63) is 59.7 Å². The van der Waals surface area contributed by atoms with Crippen molar-refractivity contribution < 1.29 is 23.5 Å². The Kier molecular flexibility index (Phi) is 7.20. The van der Waals surface area contributed by atoms with Crippen LogP contribution in [0.3, 0.4) is 0 Å². The van der Waals surface area contributed by atoms with Crippen LogP contribution in [0.1, 0.15) is 19.3 Å². The van der Waals surface area contributed by atoms with Gasteiger partial charge in [-0.05, 0) is 43.5 Å². The molecule has 0 spiro atoms. The molecule has 5 rings (SSSR count). The Morgan fingerprint density at radius 1 is 1.30 bits per heavy atom. The van der Waals surface area contributed by atoms with E-state index in [1.807, 2.05) is 0 Å². The highest BCUT2D eigenvalue weighted by Gasteiger charge is 2.39. The molecule has 0 bridgehead atoms. The third-order valence-electron chi connectivity index (χ3n) is 6.51. The van der Waals surface area contributed by atoms with E-state index in [0.717, 1.165) is 19.3 Å². The van der Waals surface area contributed by atoms with Crippen molar-refractivity contribution in [1.29, 1.82) is 0 Å². The molecule has 192 valence electrons. The zero-order valence-electron chi connectivity index (χ0n) is 20.0. The van der Waals surface area contributed by atoms with Gasteiger partial charge in [0.15, 0.2) is 0 Å². The van der Waals surface area contributed by atoms with Crippen LogP contribution in [-0.4, -0.2) is 59.1 Å². The number of nitrogens with one attached hydrogen (secondary N) is 2. The summed E-state index contributed by atoms with van der Waals surface area (Å²) in [6.45, 7) is 0.696. The number of morpholine rings is 1. The Morgan fingerprint density at radius 2 is 2.16 bits per heavy atom. The third-order valence-corrected chi connectivity index (χ3v) is 6.80. The number of methoxy groups -OCH3 is 1. The number of hydrogen-bond donors (Lipinski definition) is 2. The highest BCUT2D eigenvalue weighted by Crippen LogP contribution is 2.34. The smallest absolute Gasteiger partial charge is 0.320 e. The summed E-state index contributed by atoms with van der Waals surface area (Å²) in [5.41, 5.74) is 1.55. The van der Waals surface area contributed by atoms with Crippen molar-refractivity contribution in [2.24, 2.45) is 0 Å². The molecular weight excluding hydrogens is 501 g/mol. The second-order valence-electron chi connectivity index (χ2n) is 8.89. The molecule has 2 aliphatic rings. The number of fused-ring (bicyclic) bond motifs is 2. The Bertz CT molecular complexity index is 1380. The average Bonchev–Trinajstić information content (AvgIpc) is 3.35. The Morgan fingerprint density at radius 3 is 2.97 bits per heavy atom. The lowest BCUT2D eigenvalue weighted by Gasteiger charge is -2.35. The van der Waals surface area contributed by atoms with Gasteiger partial charge in [0.05, 0.1) is 29.9 Å². The maximum absolute atomic E-state index is 13.5. The monoisotopic (exact) mass is 525 g/mol. The average molecular weight is 526 g/mol. The minimum atomic E-state index is -0.522. The van der Waals surface area contributed by atoms with Crippen LogP contribution in [0.2, 0.25) is 5.02 Å². The zero-order chi connectivity index (χ0) is 25.9. The fourth-order valence-electron chi connectivity index (χ4n) is 4.78. The lowest BCUT2D eigenvalue weighted by atomic mass is 10.1. The lowest BCUT2D eigenvalue weighted by Crippen LogP contribution is -2.50. The van der Waals surface area contributed by atoms with Crippen molar-refractivity contribution in [3.8, 4) is 5.75 Å². The molecule has 1 saturated heterocycles. The summed E-state index contributed by atoms with van der Waals surface area (Å²) < 4.78 is 24.4.